The van der Waals surface area contributed by atoms with Gasteiger partial charge < -0.3 is 14.2 Å². The van der Waals surface area contributed by atoms with E-state index in [0.717, 1.165) is 57.4 Å². The number of hydrogen-bond donors (Lipinski definition) is 2. The van der Waals surface area contributed by atoms with Gasteiger partial charge in [-0.15, -0.1) is 0 Å². The van der Waals surface area contributed by atoms with Gasteiger partial charge in [0.15, 0.2) is 0 Å². The van der Waals surface area contributed by atoms with Crippen LogP contribution in [0, 0.1) is 0 Å². The van der Waals surface area contributed by atoms with E-state index in [1.54, 1.807) is 0 Å². The number of amides is 2. The van der Waals surface area contributed by atoms with Crippen LogP contribution in [0.25, 0.3) is 0 Å². The molecule has 0 aliphatic heterocycles. The van der Waals surface area contributed by atoms with Crippen LogP contribution in [0.3, 0.4) is 0 Å². The molecule has 1 rings (SSSR count). The van der Waals surface area contributed by atoms with Crippen molar-refractivity contribution in [1.29, 1.82) is 0 Å². The molecule has 1 aromatic rings. The van der Waals surface area contributed by atoms with Gasteiger partial charge in [-0.25, -0.2) is 9.59 Å². The van der Waals surface area contributed by atoms with Crippen LogP contribution in [0.4, 0.5) is 69.3 Å². The Hall–Kier alpha value is -3.47. The predicted octanol–water partition coefficient (Wildman–Crippen LogP) is 10.7. The van der Waals surface area contributed by atoms with Crippen LogP contribution >= 0.6 is 0 Å². The Morgan fingerprint density at radius 3 is 1.57 bits per heavy atom. The molecule has 46 heavy (non-hydrogen) atoms. The van der Waals surface area contributed by atoms with E-state index >= 15 is 0 Å². The molecular formula is C28H35F11N2O5. The summed E-state index contributed by atoms with van der Waals surface area (Å²) in [6, 6.07) is -1.30. The first kappa shape index (κ1) is 40.6. The predicted molar refractivity (Wildman–Crippen MR) is 145 cm³/mol. The second-order valence-electron chi connectivity index (χ2n) is 9.97. The lowest BCUT2D eigenvalue weighted by atomic mass is 10.0. The van der Waals surface area contributed by atoms with Gasteiger partial charge in [0.1, 0.15) is 5.75 Å². The standard InChI is InChI=1S/C28H35F11N2O5/c1-3-5-7-9-11-15-44-23(42)40-19-14-13-18(17-20(19)41-24(43)45-16-12-10-8-6-4-2)46-22(30)21(29)25(31,32)26(33,34)27(35,36)28(37,38)39/h13-14,17H,3-12,15-16H2,1-2H3,(H,40,42)(H,41,43). The fraction of sp³-hybridized carbons (Fsp3) is 0.643. The van der Waals surface area contributed by atoms with E-state index in [9.17, 15) is 57.9 Å². The average molecular weight is 689 g/mol. The molecule has 0 aliphatic carbocycles. The SMILES string of the molecule is CCCCCCCOC(=O)Nc1ccc(OC(F)=C(F)C(F)(F)C(F)(F)C(F)(F)C(F)(F)F)cc1NC(=O)OCCCCCCC. The van der Waals surface area contributed by atoms with Crippen LogP contribution in [0.5, 0.6) is 5.75 Å². The van der Waals surface area contributed by atoms with Gasteiger partial charge in [-0.1, -0.05) is 65.2 Å². The number of halogens is 11. The lowest BCUT2D eigenvalue weighted by Gasteiger charge is -2.32. The highest BCUT2D eigenvalue weighted by Gasteiger charge is 2.83. The molecule has 0 unspecified atom stereocenters. The van der Waals surface area contributed by atoms with E-state index in [0.29, 0.717) is 25.0 Å². The second-order valence-corrected chi connectivity index (χ2v) is 9.97. The quantitative estimate of drug-likeness (QED) is 0.0858. The van der Waals surface area contributed by atoms with E-state index < -0.39 is 59.4 Å². The number of carbonyl (C=O) groups excluding carboxylic acids is 2. The van der Waals surface area contributed by atoms with Crippen LogP contribution in [0.1, 0.15) is 78.1 Å². The summed E-state index contributed by atoms with van der Waals surface area (Å²) in [6.45, 7) is 3.92. The first-order chi connectivity index (χ1) is 21.3. The number of ether oxygens (including phenoxy) is 3. The van der Waals surface area contributed by atoms with Gasteiger partial charge in [-0.2, -0.15) is 48.3 Å². The van der Waals surface area contributed by atoms with Crippen LogP contribution in [-0.2, 0) is 9.47 Å². The fourth-order valence-corrected chi connectivity index (χ4v) is 3.62. The Bertz CT molecular complexity index is 1160. The molecule has 2 amide bonds. The Labute approximate surface area is 257 Å². The number of allylic oxidation sites excluding steroid dienone is 1. The lowest BCUT2D eigenvalue weighted by molar-refractivity contribution is -0.392. The maximum Gasteiger partial charge on any atom is 0.460 e. The summed E-state index contributed by atoms with van der Waals surface area (Å²) >= 11 is 0. The number of anilines is 2. The van der Waals surface area contributed by atoms with Crippen molar-refractivity contribution in [3.63, 3.8) is 0 Å². The zero-order chi connectivity index (χ0) is 35.2. The molecule has 0 aromatic heterocycles. The first-order valence-corrected chi connectivity index (χ1v) is 14.3. The van der Waals surface area contributed by atoms with Gasteiger partial charge in [0.25, 0.3) is 0 Å². The zero-order valence-electron chi connectivity index (χ0n) is 24.9. The molecule has 2 N–H and O–H groups in total. The first-order valence-electron chi connectivity index (χ1n) is 14.3. The highest BCUT2D eigenvalue weighted by atomic mass is 19.4. The fourth-order valence-electron chi connectivity index (χ4n) is 3.62. The molecule has 1 aromatic carbocycles. The minimum absolute atomic E-state index is 0.00108. The van der Waals surface area contributed by atoms with Gasteiger partial charge in [-0.3, -0.25) is 10.6 Å². The third-order valence-corrected chi connectivity index (χ3v) is 6.23. The van der Waals surface area contributed by atoms with Gasteiger partial charge in [0.05, 0.1) is 24.6 Å². The van der Waals surface area contributed by atoms with Crippen molar-refractivity contribution >= 4 is 23.6 Å². The second kappa shape index (κ2) is 18.0. The number of hydrogen-bond acceptors (Lipinski definition) is 5. The zero-order valence-corrected chi connectivity index (χ0v) is 24.9. The van der Waals surface area contributed by atoms with Crippen molar-refractivity contribution < 1.29 is 72.1 Å². The molecular weight excluding hydrogens is 653 g/mol. The number of benzene rings is 1. The molecule has 7 nitrogen and oxygen atoms in total. The molecule has 0 heterocycles. The largest absolute Gasteiger partial charge is 0.460 e. The number of rotatable bonds is 19. The van der Waals surface area contributed by atoms with E-state index in [1.807, 2.05) is 13.8 Å². The Kier molecular flexibility index (Phi) is 15.9. The van der Waals surface area contributed by atoms with Crippen molar-refractivity contribution in [2.24, 2.45) is 0 Å². The summed E-state index contributed by atoms with van der Waals surface area (Å²) in [7, 11) is 0. The molecule has 0 bridgehead atoms. The Balaban J connectivity index is 3.21. The van der Waals surface area contributed by atoms with Crippen molar-refractivity contribution in [1.82, 2.24) is 0 Å². The summed E-state index contributed by atoms with van der Waals surface area (Å²) in [5.41, 5.74) is -0.808. The van der Waals surface area contributed by atoms with E-state index in [2.05, 4.69) is 15.4 Å². The van der Waals surface area contributed by atoms with Crippen molar-refractivity contribution in [2.45, 2.75) is 102 Å². The molecule has 0 aliphatic rings. The minimum Gasteiger partial charge on any atom is -0.449 e. The smallest absolute Gasteiger partial charge is 0.449 e. The van der Waals surface area contributed by atoms with Gasteiger partial charge in [0, 0.05) is 6.07 Å². The summed E-state index contributed by atoms with van der Waals surface area (Å²) in [4.78, 5) is 24.5. The molecule has 0 radical (unpaired) electrons. The van der Waals surface area contributed by atoms with Gasteiger partial charge in [0.2, 0.25) is 5.83 Å². The monoisotopic (exact) mass is 688 g/mol. The minimum atomic E-state index is -7.49. The normalized spacial score (nSPS) is 13.2. The molecule has 0 fully saturated rings. The van der Waals surface area contributed by atoms with Crippen molar-refractivity contribution in [2.75, 3.05) is 23.8 Å². The van der Waals surface area contributed by atoms with Crippen molar-refractivity contribution in [3.8, 4) is 5.75 Å². The summed E-state index contributed by atoms with van der Waals surface area (Å²) in [5, 5.41) is 4.32. The number of unbranched alkanes of at least 4 members (excludes halogenated alkanes) is 8. The van der Waals surface area contributed by atoms with Crippen LogP contribution < -0.4 is 15.4 Å². The molecule has 0 atom stereocenters. The average Bonchev–Trinajstić information content (AvgIpc) is 2.96. The topological polar surface area (TPSA) is 85.9 Å². The van der Waals surface area contributed by atoms with Crippen LogP contribution in [-0.4, -0.2) is 49.3 Å². The van der Waals surface area contributed by atoms with Gasteiger partial charge >= 0.3 is 42.1 Å². The van der Waals surface area contributed by atoms with E-state index in [-0.39, 0.29) is 18.9 Å². The third kappa shape index (κ3) is 11.4. The summed E-state index contributed by atoms with van der Waals surface area (Å²) in [6.07, 6.45) is -1.36. The maximum atomic E-state index is 14.2. The lowest BCUT2D eigenvalue weighted by Crippen LogP contribution is -2.61. The summed E-state index contributed by atoms with van der Waals surface area (Å²) in [5.74, 6) is -27.1. The highest BCUT2D eigenvalue weighted by molar-refractivity contribution is 5.95. The molecule has 264 valence electrons. The molecule has 0 saturated heterocycles. The number of carbonyl (C=O) groups is 2. The summed E-state index contributed by atoms with van der Waals surface area (Å²) < 4.78 is 160. The number of nitrogens with one attached hydrogen (secondary N) is 2. The molecule has 0 spiro atoms. The van der Waals surface area contributed by atoms with Crippen molar-refractivity contribution in [3.05, 3.63) is 30.0 Å². The Morgan fingerprint density at radius 2 is 1.11 bits per heavy atom. The highest BCUT2D eigenvalue weighted by Crippen LogP contribution is 2.55. The Morgan fingerprint density at radius 1 is 0.652 bits per heavy atom. The van der Waals surface area contributed by atoms with E-state index in [4.69, 9.17) is 9.47 Å². The molecule has 18 heteroatoms. The maximum absolute atomic E-state index is 14.2. The van der Waals surface area contributed by atoms with Crippen LogP contribution in [0.15, 0.2) is 30.0 Å². The van der Waals surface area contributed by atoms with Gasteiger partial charge in [-0.05, 0) is 25.0 Å². The number of alkyl halides is 9. The molecule has 0 saturated carbocycles. The van der Waals surface area contributed by atoms with Crippen LogP contribution in [0.2, 0.25) is 0 Å². The van der Waals surface area contributed by atoms with E-state index in [1.165, 1.54) is 0 Å². The third-order valence-electron chi connectivity index (χ3n) is 6.23.